The minimum absolute atomic E-state index is 0.225. The monoisotopic (exact) mass is 272 g/mol. The van der Waals surface area contributed by atoms with Crippen LogP contribution in [0.3, 0.4) is 0 Å². The Kier molecular flexibility index (Phi) is 7.29. The highest BCUT2D eigenvalue weighted by molar-refractivity contribution is 4.93. The molecule has 1 N–H and O–H groups in total. The molecule has 1 heterocycles. The molecule has 0 amide bonds. The summed E-state index contributed by atoms with van der Waals surface area (Å²) in [7, 11) is 1.71. The number of ether oxygens (including phenoxy) is 2. The second kappa shape index (κ2) is 8.20. The first-order valence-corrected chi connectivity index (χ1v) is 7.52. The van der Waals surface area contributed by atoms with E-state index < -0.39 is 0 Å². The fourth-order valence-electron chi connectivity index (χ4n) is 2.71. The standard InChI is InChI=1S/C15H32N2O2/c1-13(2)14-11-16-15(3,4)12-17(14)7-6-8-19-10-9-18-5/h13-14,16H,6-12H2,1-5H3. The molecule has 1 saturated heterocycles. The fourth-order valence-corrected chi connectivity index (χ4v) is 2.71. The minimum Gasteiger partial charge on any atom is -0.382 e. The van der Waals surface area contributed by atoms with Gasteiger partial charge in [0.15, 0.2) is 0 Å². The van der Waals surface area contributed by atoms with E-state index in [0.29, 0.717) is 25.2 Å². The molecule has 1 unspecified atom stereocenters. The van der Waals surface area contributed by atoms with Crippen molar-refractivity contribution in [1.29, 1.82) is 0 Å². The second-order valence-electron chi connectivity index (χ2n) is 6.51. The molecular formula is C15H32N2O2. The first-order valence-electron chi connectivity index (χ1n) is 7.52. The molecule has 0 aliphatic carbocycles. The Morgan fingerprint density at radius 3 is 2.63 bits per heavy atom. The smallest absolute Gasteiger partial charge is 0.0700 e. The average Bonchev–Trinajstić information content (AvgIpc) is 2.32. The van der Waals surface area contributed by atoms with Crippen molar-refractivity contribution < 1.29 is 9.47 Å². The summed E-state index contributed by atoms with van der Waals surface area (Å²) in [6.07, 6.45) is 1.10. The Morgan fingerprint density at radius 1 is 1.26 bits per heavy atom. The second-order valence-corrected chi connectivity index (χ2v) is 6.51. The van der Waals surface area contributed by atoms with Gasteiger partial charge in [-0.05, 0) is 26.2 Å². The topological polar surface area (TPSA) is 33.7 Å². The highest BCUT2D eigenvalue weighted by Crippen LogP contribution is 2.20. The lowest BCUT2D eigenvalue weighted by Gasteiger charge is -2.46. The molecule has 0 bridgehead atoms. The van der Waals surface area contributed by atoms with Crippen LogP contribution in [0.5, 0.6) is 0 Å². The molecule has 4 heteroatoms. The number of hydrogen-bond acceptors (Lipinski definition) is 4. The van der Waals surface area contributed by atoms with Crippen LogP contribution in [-0.2, 0) is 9.47 Å². The van der Waals surface area contributed by atoms with Gasteiger partial charge in [-0.2, -0.15) is 0 Å². The van der Waals surface area contributed by atoms with Crippen LogP contribution in [0.2, 0.25) is 0 Å². The van der Waals surface area contributed by atoms with E-state index >= 15 is 0 Å². The number of nitrogens with one attached hydrogen (secondary N) is 1. The molecule has 0 spiro atoms. The Morgan fingerprint density at radius 2 is 2.00 bits per heavy atom. The summed E-state index contributed by atoms with van der Waals surface area (Å²) in [4.78, 5) is 2.63. The molecule has 0 aromatic carbocycles. The van der Waals surface area contributed by atoms with Crippen LogP contribution in [0.1, 0.15) is 34.1 Å². The van der Waals surface area contributed by atoms with Gasteiger partial charge < -0.3 is 14.8 Å². The fraction of sp³-hybridized carbons (Fsp3) is 1.00. The third-order valence-corrected chi connectivity index (χ3v) is 3.79. The number of rotatable bonds is 8. The van der Waals surface area contributed by atoms with Crippen molar-refractivity contribution in [2.45, 2.75) is 45.7 Å². The Hall–Kier alpha value is -0.160. The van der Waals surface area contributed by atoms with Crippen LogP contribution in [0.4, 0.5) is 0 Å². The highest BCUT2D eigenvalue weighted by atomic mass is 16.5. The summed E-state index contributed by atoms with van der Waals surface area (Å²) in [5, 5.41) is 3.65. The van der Waals surface area contributed by atoms with Crippen molar-refractivity contribution in [2.75, 3.05) is 46.6 Å². The molecule has 1 aliphatic heterocycles. The normalized spacial score (nSPS) is 24.0. The van der Waals surface area contributed by atoms with Gasteiger partial charge in [-0.1, -0.05) is 13.8 Å². The average molecular weight is 272 g/mol. The van der Waals surface area contributed by atoms with Crippen molar-refractivity contribution >= 4 is 0 Å². The lowest BCUT2D eigenvalue weighted by atomic mass is 9.93. The van der Waals surface area contributed by atoms with Crippen LogP contribution < -0.4 is 5.32 Å². The zero-order chi connectivity index (χ0) is 14.3. The van der Waals surface area contributed by atoms with E-state index in [1.54, 1.807) is 7.11 Å². The zero-order valence-corrected chi connectivity index (χ0v) is 13.4. The van der Waals surface area contributed by atoms with E-state index in [2.05, 4.69) is 37.9 Å². The molecule has 0 radical (unpaired) electrons. The molecule has 1 aliphatic rings. The molecule has 0 saturated carbocycles. The molecule has 19 heavy (non-hydrogen) atoms. The van der Waals surface area contributed by atoms with Gasteiger partial charge in [0, 0.05) is 44.9 Å². The Balaban J connectivity index is 2.30. The summed E-state index contributed by atoms with van der Waals surface area (Å²) in [6, 6.07) is 0.645. The molecule has 1 atom stereocenters. The van der Waals surface area contributed by atoms with Crippen LogP contribution in [-0.4, -0.2) is 63.0 Å². The van der Waals surface area contributed by atoms with Crippen LogP contribution in [0, 0.1) is 5.92 Å². The van der Waals surface area contributed by atoms with Crippen molar-refractivity contribution in [3.05, 3.63) is 0 Å². The summed E-state index contributed by atoms with van der Waals surface area (Å²) in [5.41, 5.74) is 0.225. The third kappa shape index (κ3) is 6.21. The summed E-state index contributed by atoms with van der Waals surface area (Å²) < 4.78 is 10.5. The molecule has 4 nitrogen and oxygen atoms in total. The highest BCUT2D eigenvalue weighted by Gasteiger charge is 2.33. The largest absolute Gasteiger partial charge is 0.382 e. The van der Waals surface area contributed by atoms with Crippen molar-refractivity contribution in [3.8, 4) is 0 Å². The van der Waals surface area contributed by atoms with E-state index in [9.17, 15) is 0 Å². The van der Waals surface area contributed by atoms with Gasteiger partial charge in [0.25, 0.3) is 0 Å². The molecular weight excluding hydrogens is 240 g/mol. The quantitative estimate of drug-likeness (QED) is 0.683. The SMILES string of the molecule is COCCOCCCN1CC(C)(C)NCC1C(C)C. The van der Waals surface area contributed by atoms with E-state index in [0.717, 1.165) is 32.7 Å². The van der Waals surface area contributed by atoms with Gasteiger partial charge in [-0.15, -0.1) is 0 Å². The summed E-state index contributed by atoms with van der Waals surface area (Å²) in [6.45, 7) is 14.8. The first-order chi connectivity index (χ1) is 8.96. The molecule has 0 aromatic rings. The van der Waals surface area contributed by atoms with Crippen molar-refractivity contribution in [1.82, 2.24) is 10.2 Å². The van der Waals surface area contributed by atoms with Gasteiger partial charge >= 0.3 is 0 Å². The molecule has 114 valence electrons. The number of methoxy groups -OCH3 is 1. The zero-order valence-electron chi connectivity index (χ0n) is 13.4. The lowest BCUT2D eigenvalue weighted by molar-refractivity contribution is 0.0421. The number of piperazine rings is 1. The number of nitrogens with zero attached hydrogens (tertiary/aromatic N) is 1. The maximum Gasteiger partial charge on any atom is 0.0700 e. The van der Waals surface area contributed by atoms with Gasteiger partial charge in [-0.25, -0.2) is 0 Å². The van der Waals surface area contributed by atoms with Crippen LogP contribution in [0.15, 0.2) is 0 Å². The van der Waals surface area contributed by atoms with E-state index in [1.807, 2.05) is 0 Å². The predicted octanol–water partition coefficient (Wildman–Crippen LogP) is 1.75. The van der Waals surface area contributed by atoms with E-state index in [4.69, 9.17) is 9.47 Å². The summed E-state index contributed by atoms with van der Waals surface area (Å²) >= 11 is 0. The van der Waals surface area contributed by atoms with Crippen LogP contribution in [0.25, 0.3) is 0 Å². The van der Waals surface area contributed by atoms with Crippen molar-refractivity contribution in [2.24, 2.45) is 5.92 Å². The lowest BCUT2D eigenvalue weighted by Crippen LogP contribution is -2.63. The van der Waals surface area contributed by atoms with E-state index in [-0.39, 0.29) is 5.54 Å². The maximum atomic E-state index is 5.55. The van der Waals surface area contributed by atoms with Crippen LogP contribution >= 0.6 is 0 Å². The Labute approximate surface area is 118 Å². The molecule has 1 fully saturated rings. The molecule has 0 aromatic heterocycles. The van der Waals surface area contributed by atoms with Gasteiger partial charge in [0.05, 0.1) is 13.2 Å². The minimum atomic E-state index is 0.225. The van der Waals surface area contributed by atoms with E-state index in [1.165, 1.54) is 0 Å². The van der Waals surface area contributed by atoms with Gasteiger partial charge in [-0.3, -0.25) is 4.90 Å². The van der Waals surface area contributed by atoms with Crippen molar-refractivity contribution in [3.63, 3.8) is 0 Å². The van der Waals surface area contributed by atoms with Gasteiger partial charge in [0.2, 0.25) is 0 Å². The number of hydrogen-bond donors (Lipinski definition) is 1. The maximum absolute atomic E-state index is 5.55. The summed E-state index contributed by atoms with van der Waals surface area (Å²) in [5.74, 6) is 0.693. The predicted molar refractivity (Wildman–Crippen MR) is 79.6 cm³/mol. The first kappa shape index (κ1) is 16.9. The molecule has 1 rings (SSSR count). The Bertz CT molecular complexity index is 244. The van der Waals surface area contributed by atoms with Gasteiger partial charge in [0.1, 0.15) is 0 Å². The third-order valence-electron chi connectivity index (χ3n) is 3.79.